The number of carbonyl (C=O) groups is 3. The van der Waals surface area contributed by atoms with Gasteiger partial charge in [-0.1, -0.05) is 29.8 Å². The zero-order chi connectivity index (χ0) is 21.8. The first-order valence-corrected chi connectivity index (χ1v) is 10.5. The molecule has 31 heavy (non-hydrogen) atoms. The van der Waals surface area contributed by atoms with Crippen LogP contribution in [0.25, 0.3) is 6.08 Å². The molecule has 0 bridgehead atoms. The van der Waals surface area contributed by atoms with E-state index in [9.17, 15) is 14.4 Å². The molecule has 4 rings (SSSR count). The summed E-state index contributed by atoms with van der Waals surface area (Å²) < 4.78 is 15.9. The molecule has 2 aromatic rings. The summed E-state index contributed by atoms with van der Waals surface area (Å²) in [6, 6.07) is 12.1. The molecule has 1 N–H and O–H groups in total. The summed E-state index contributed by atoms with van der Waals surface area (Å²) in [4.78, 5) is 38.2. The van der Waals surface area contributed by atoms with Crippen molar-refractivity contribution in [2.24, 2.45) is 0 Å². The Morgan fingerprint density at radius 1 is 1.19 bits per heavy atom. The van der Waals surface area contributed by atoms with E-state index < -0.39 is 11.1 Å². The maximum Gasteiger partial charge on any atom is 0.293 e. The van der Waals surface area contributed by atoms with Gasteiger partial charge in [0, 0.05) is 13.1 Å². The minimum absolute atomic E-state index is 0.0565. The fraction of sp³-hybridized carbons (Fsp3) is 0.190. The van der Waals surface area contributed by atoms with Crippen molar-refractivity contribution < 1.29 is 28.6 Å². The molecule has 2 heterocycles. The second-order valence-corrected chi connectivity index (χ2v) is 7.92. The highest BCUT2D eigenvalue weighted by Crippen LogP contribution is 2.36. The van der Waals surface area contributed by atoms with Gasteiger partial charge < -0.3 is 19.5 Å². The monoisotopic (exact) mass is 460 g/mol. The first-order chi connectivity index (χ1) is 15.0. The maximum absolute atomic E-state index is 12.6. The lowest BCUT2D eigenvalue weighted by atomic mass is 10.2. The summed E-state index contributed by atoms with van der Waals surface area (Å²) >= 11 is 6.82. The van der Waals surface area contributed by atoms with E-state index >= 15 is 0 Å². The minimum atomic E-state index is -0.408. The second-order valence-electron chi connectivity index (χ2n) is 6.52. The van der Waals surface area contributed by atoms with Gasteiger partial charge in [0.2, 0.25) is 6.79 Å². The topological polar surface area (TPSA) is 94.2 Å². The average Bonchev–Trinajstić information content (AvgIpc) is 3.32. The number of hydrogen-bond acceptors (Lipinski definition) is 7. The van der Waals surface area contributed by atoms with Crippen LogP contribution < -0.4 is 19.5 Å². The molecular weight excluding hydrogens is 444 g/mol. The fourth-order valence-corrected chi connectivity index (χ4v) is 3.97. The number of para-hydroxylation sites is 1. The summed E-state index contributed by atoms with van der Waals surface area (Å²) in [6.45, 7) is 0.0983. The van der Waals surface area contributed by atoms with E-state index in [0.29, 0.717) is 27.2 Å². The number of amides is 3. The van der Waals surface area contributed by atoms with Crippen LogP contribution in [0.2, 0.25) is 5.02 Å². The Morgan fingerprint density at radius 2 is 2.00 bits per heavy atom. The standard InChI is InChI=1S/C21H17ClN2O6S/c22-14-3-1-2-4-15(14)28-11-19(25)23-7-8-24-20(26)18(31-21(24)27)10-13-5-6-16-17(9-13)30-12-29-16/h1-6,9-10H,7-8,11-12H2,(H,23,25)/b18-10-. The maximum atomic E-state index is 12.6. The molecule has 2 aromatic carbocycles. The van der Waals surface area contributed by atoms with E-state index in [2.05, 4.69) is 5.32 Å². The van der Waals surface area contributed by atoms with Gasteiger partial charge in [-0.25, -0.2) is 0 Å². The first-order valence-electron chi connectivity index (χ1n) is 9.30. The highest BCUT2D eigenvalue weighted by molar-refractivity contribution is 8.18. The number of imide groups is 1. The Bertz CT molecular complexity index is 1070. The fourth-order valence-electron chi connectivity index (χ4n) is 2.91. The molecule has 0 radical (unpaired) electrons. The van der Waals surface area contributed by atoms with Gasteiger partial charge in [-0.2, -0.15) is 0 Å². The number of hydrogen-bond donors (Lipinski definition) is 1. The number of carbonyl (C=O) groups excluding carboxylic acids is 3. The molecule has 0 atom stereocenters. The van der Waals surface area contributed by atoms with Crippen LogP contribution in [0, 0.1) is 0 Å². The zero-order valence-corrected chi connectivity index (χ0v) is 17.7. The normalized spacial score (nSPS) is 16.2. The Morgan fingerprint density at radius 3 is 2.84 bits per heavy atom. The Kier molecular flexibility index (Phi) is 6.34. The number of benzene rings is 2. The Balaban J connectivity index is 1.28. The number of halogens is 1. The van der Waals surface area contributed by atoms with Crippen molar-refractivity contribution in [2.75, 3.05) is 26.5 Å². The van der Waals surface area contributed by atoms with Crippen molar-refractivity contribution in [3.63, 3.8) is 0 Å². The lowest BCUT2D eigenvalue weighted by Crippen LogP contribution is -2.38. The lowest BCUT2D eigenvalue weighted by Gasteiger charge is -2.13. The van der Waals surface area contributed by atoms with Gasteiger partial charge in [-0.15, -0.1) is 0 Å². The molecule has 1 saturated heterocycles. The second kappa shape index (κ2) is 9.32. The summed E-state index contributed by atoms with van der Waals surface area (Å²) in [7, 11) is 0. The number of thioether (sulfide) groups is 1. The molecule has 0 saturated carbocycles. The number of rotatable bonds is 7. The molecule has 0 aromatic heterocycles. The van der Waals surface area contributed by atoms with E-state index in [0.717, 1.165) is 22.2 Å². The molecule has 0 aliphatic carbocycles. The molecule has 2 aliphatic rings. The van der Waals surface area contributed by atoms with E-state index in [1.54, 1.807) is 48.5 Å². The van der Waals surface area contributed by atoms with Crippen LogP contribution in [0.15, 0.2) is 47.4 Å². The van der Waals surface area contributed by atoms with Gasteiger partial charge in [0.25, 0.3) is 17.1 Å². The van der Waals surface area contributed by atoms with E-state index in [4.69, 9.17) is 25.8 Å². The average molecular weight is 461 g/mol. The third-order valence-electron chi connectivity index (χ3n) is 4.42. The highest BCUT2D eigenvalue weighted by atomic mass is 35.5. The summed E-state index contributed by atoms with van der Waals surface area (Å²) in [5, 5.41) is 2.64. The lowest BCUT2D eigenvalue weighted by molar-refractivity contribution is -0.125. The largest absolute Gasteiger partial charge is 0.482 e. The molecule has 3 amide bonds. The van der Waals surface area contributed by atoms with E-state index in [1.165, 1.54) is 0 Å². The minimum Gasteiger partial charge on any atom is -0.482 e. The Labute approximate surface area is 187 Å². The predicted molar refractivity (Wildman–Crippen MR) is 115 cm³/mol. The summed E-state index contributed by atoms with van der Waals surface area (Å²) in [6.07, 6.45) is 1.63. The third kappa shape index (κ3) is 4.95. The van der Waals surface area contributed by atoms with Crippen molar-refractivity contribution >= 4 is 46.5 Å². The van der Waals surface area contributed by atoms with Crippen molar-refractivity contribution in [3.8, 4) is 17.2 Å². The van der Waals surface area contributed by atoms with Crippen molar-refractivity contribution in [1.82, 2.24) is 10.2 Å². The van der Waals surface area contributed by atoms with Crippen LogP contribution in [0.1, 0.15) is 5.56 Å². The van der Waals surface area contributed by atoms with Crippen molar-refractivity contribution in [1.29, 1.82) is 0 Å². The number of ether oxygens (including phenoxy) is 3. The van der Waals surface area contributed by atoms with Crippen LogP contribution >= 0.6 is 23.4 Å². The van der Waals surface area contributed by atoms with E-state index in [-0.39, 0.29) is 32.4 Å². The molecule has 10 heteroatoms. The van der Waals surface area contributed by atoms with E-state index in [1.807, 2.05) is 0 Å². The van der Waals surface area contributed by atoms with Gasteiger partial charge in [-0.05, 0) is 47.7 Å². The van der Waals surface area contributed by atoms with Gasteiger partial charge >= 0.3 is 0 Å². The molecule has 2 aliphatic heterocycles. The molecule has 0 unspecified atom stereocenters. The first kappa shape index (κ1) is 21.1. The van der Waals surface area contributed by atoms with Gasteiger partial charge in [0.15, 0.2) is 18.1 Å². The zero-order valence-electron chi connectivity index (χ0n) is 16.1. The van der Waals surface area contributed by atoms with Gasteiger partial charge in [0.05, 0.1) is 9.93 Å². The van der Waals surface area contributed by atoms with Crippen LogP contribution in [0.3, 0.4) is 0 Å². The van der Waals surface area contributed by atoms with Crippen molar-refractivity contribution in [3.05, 3.63) is 58.0 Å². The quantitative estimate of drug-likeness (QED) is 0.633. The smallest absolute Gasteiger partial charge is 0.293 e. The molecule has 8 nitrogen and oxygen atoms in total. The summed E-state index contributed by atoms with van der Waals surface area (Å²) in [5.41, 5.74) is 0.722. The van der Waals surface area contributed by atoms with Gasteiger partial charge in [-0.3, -0.25) is 19.3 Å². The van der Waals surface area contributed by atoms with Crippen LogP contribution in [0.4, 0.5) is 4.79 Å². The molecule has 1 fully saturated rings. The van der Waals surface area contributed by atoms with Crippen LogP contribution in [-0.2, 0) is 9.59 Å². The molecule has 0 spiro atoms. The predicted octanol–water partition coefficient (Wildman–Crippen LogP) is 3.30. The van der Waals surface area contributed by atoms with Crippen LogP contribution in [-0.4, -0.2) is 48.4 Å². The third-order valence-corrected chi connectivity index (χ3v) is 5.64. The number of nitrogens with one attached hydrogen (secondary N) is 1. The van der Waals surface area contributed by atoms with Crippen molar-refractivity contribution in [2.45, 2.75) is 0 Å². The number of fused-ring (bicyclic) bond motifs is 1. The Hall–Kier alpha value is -3.17. The summed E-state index contributed by atoms with van der Waals surface area (Å²) in [5.74, 6) is 0.838. The number of nitrogens with zero attached hydrogens (tertiary/aromatic N) is 1. The highest BCUT2D eigenvalue weighted by Gasteiger charge is 2.34. The van der Waals surface area contributed by atoms with Crippen LogP contribution in [0.5, 0.6) is 17.2 Å². The SMILES string of the molecule is O=C(COc1ccccc1Cl)NCCN1C(=O)S/C(=C\c2ccc3c(c2)OCO3)C1=O. The van der Waals surface area contributed by atoms with Gasteiger partial charge in [0.1, 0.15) is 5.75 Å². The molecular formula is C21H17ClN2O6S. The molecule has 160 valence electrons.